The SMILES string of the molecule is COc1ccc(CNC(=O)c2ccc3c(c2)NC(=O)C(C)S3)cc1OC. The second-order valence-electron chi connectivity index (χ2n) is 5.83. The van der Waals surface area contributed by atoms with Gasteiger partial charge in [-0.05, 0) is 42.8 Å². The first kappa shape index (κ1) is 18.1. The Kier molecular flexibility index (Phi) is 5.37. The maximum absolute atomic E-state index is 12.4. The summed E-state index contributed by atoms with van der Waals surface area (Å²) in [6.45, 7) is 2.21. The van der Waals surface area contributed by atoms with E-state index in [4.69, 9.17) is 9.47 Å². The fourth-order valence-corrected chi connectivity index (χ4v) is 3.56. The first-order valence-corrected chi connectivity index (χ1v) is 9.00. The molecule has 7 heteroatoms. The molecule has 0 radical (unpaired) electrons. The Balaban J connectivity index is 1.69. The normalized spacial score (nSPS) is 15.7. The highest BCUT2D eigenvalue weighted by atomic mass is 32.2. The maximum Gasteiger partial charge on any atom is 0.251 e. The molecule has 1 heterocycles. The van der Waals surface area contributed by atoms with Crippen molar-refractivity contribution >= 4 is 29.3 Å². The molecule has 2 aromatic rings. The lowest BCUT2D eigenvalue weighted by Crippen LogP contribution is -2.27. The first-order chi connectivity index (χ1) is 12.5. The number of ether oxygens (including phenoxy) is 2. The van der Waals surface area contributed by atoms with Crippen LogP contribution in [0.15, 0.2) is 41.3 Å². The van der Waals surface area contributed by atoms with Gasteiger partial charge in [0, 0.05) is 17.0 Å². The number of anilines is 1. The van der Waals surface area contributed by atoms with Crippen LogP contribution in [0.5, 0.6) is 11.5 Å². The van der Waals surface area contributed by atoms with Crippen molar-refractivity contribution < 1.29 is 19.1 Å². The smallest absolute Gasteiger partial charge is 0.251 e. The van der Waals surface area contributed by atoms with E-state index in [2.05, 4.69) is 10.6 Å². The summed E-state index contributed by atoms with van der Waals surface area (Å²) in [5, 5.41) is 5.58. The van der Waals surface area contributed by atoms with E-state index in [9.17, 15) is 9.59 Å². The molecule has 0 spiro atoms. The molecule has 2 N–H and O–H groups in total. The van der Waals surface area contributed by atoms with E-state index < -0.39 is 0 Å². The summed E-state index contributed by atoms with van der Waals surface area (Å²) in [6.07, 6.45) is 0. The van der Waals surface area contributed by atoms with Gasteiger partial charge in [0.15, 0.2) is 11.5 Å². The highest BCUT2D eigenvalue weighted by Gasteiger charge is 2.23. The molecule has 0 fully saturated rings. The second kappa shape index (κ2) is 7.70. The topological polar surface area (TPSA) is 76.7 Å². The first-order valence-electron chi connectivity index (χ1n) is 8.12. The third kappa shape index (κ3) is 3.77. The van der Waals surface area contributed by atoms with E-state index >= 15 is 0 Å². The van der Waals surface area contributed by atoms with Gasteiger partial charge in [-0.1, -0.05) is 6.07 Å². The van der Waals surface area contributed by atoms with Crippen LogP contribution in [0, 0.1) is 0 Å². The van der Waals surface area contributed by atoms with Crippen LogP contribution in [0.3, 0.4) is 0 Å². The van der Waals surface area contributed by atoms with Gasteiger partial charge in [0.25, 0.3) is 5.91 Å². The zero-order chi connectivity index (χ0) is 18.7. The molecular weight excluding hydrogens is 352 g/mol. The molecule has 1 atom stereocenters. The van der Waals surface area contributed by atoms with E-state index in [1.807, 2.05) is 25.1 Å². The van der Waals surface area contributed by atoms with Crippen LogP contribution in [-0.2, 0) is 11.3 Å². The summed E-state index contributed by atoms with van der Waals surface area (Å²) in [6, 6.07) is 10.8. The number of hydrogen-bond acceptors (Lipinski definition) is 5. The summed E-state index contributed by atoms with van der Waals surface area (Å²) in [5.74, 6) is 0.993. The summed E-state index contributed by atoms with van der Waals surface area (Å²) in [7, 11) is 3.15. The van der Waals surface area contributed by atoms with Gasteiger partial charge in [0.05, 0.1) is 25.2 Å². The van der Waals surface area contributed by atoms with Crippen molar-refractivity contribution in [3.63, 3.8) is 0 Å². The average molecular weight is 372 g/mol. The van der Waals surface area contributed by atoms with Gasteiger partial charge in [-0.25, -0.2) is 0 Å². The predicted octanol–water partition coefficient (Wildman–Crippen LogP) is 3.07. The number of hydrogen-bond donors (Lipinski definition) is 2. The molecular formula is C19H20N2O4S. The molecule has 2 aromatic carbocycles. The number of rotatable bonds is 5. The second-order valence-corrected chi connectivity index (χ2v) is 7.21. The molecule has 0 saturated carbocycles. The number of carbonyl (C=O) groups is 2. The Bertz CT molecular complexity index is 853. The number of methoxy groups -OCH3 is 2. The van der Waals surface area contributed by atoms with Crippen LogP contribution in [0.2, 0.25) is 0 Å². The van der Waals surface area contributed by atoms with E-state index in [1.165, 1.54) is 11.8 Å². The lowest BCUT2D eigenvalue weighted by Gasteiger charge is -2.21. The van der Waals surface area contributed by atoms with Crippen molar-refractivity contribution in [3.05, 3.63) is 47.5 Å². The van der Waals surface area contributed by atoms with Gasteiger partial charge in [0.2, 0.25) is 5.91 Å². The number of benzene rings is 2. The summed E-state index contributed by atoms with van der Waals surface area (Å²) >= 11 is 1.49. The Hall–Kier alpha value is -2.67. The van der Waals surface area contributed by atoms with Crippen LogP contribution in [0.4, 0.5) is 5.69 Å². The molecule has 136 valence electrons. The molecule has 1 unspecified atom stereocenters. The number of nitrogens with one attached hydrogen (secondary N) is 2. The molecule has 0 saturated heterocycles. The molecule has 6 nitrogen and oxygen atoms in total. The quantitative estimate of drug-likeness (QED) is 0.844. The van der Waals surface area contributed by atoms with Gasteiger partial charge in [-0.2, -0.15) is 0 Å². The predicted molar refractivity (Wildman–Crippen MR) is 101 cm³/mol. The molecule has 26 heavy (non-hydrogen) atoms. The lowest BCUT2D eigenvalue weighted by molar-refractivity contribution is -0.115. The average Bonchev–Trinajstić information content (AvgIpc) is 2.66. The molecule has 1 aliphatic heterocycles. The van der Waals surface area contributed by atoms with E-state index in [-0.39, 0.29) is 17.1 Å². The number of amides is 2. The van der Waals surface area contributed by atoms with E-state index in [1.54, 1.807) is 32.4 Å². The van der Waals surface area contributed by atoms with Crippen molar-refractivity contribution in [3.8, 4) is 11.5 Å². The van der Waals surface area contributed by atoms with Crippen molar-refractivity contribution in [2.75, 3.05) is 19.5 Å². The van der Waals surface area contributed by atoms with Gasteiger partial charge >= 0.3 is 0 Å². The number of carbonyl (C=O) groups excluding carboxylic acids is 2. The van der Waals surface area contributed by atoms with Crippen molar-refractivity contribution in [2.45, 2.75) is 23.6 Å². The Morgan fingerprint density at radius 1 is 1.15 bits per heavy atom. The van der Waals surface area contributed by atoms with E-state index in [0.29, 0.717) is 29.3 Å². The van der Waals surface area contributed by atoms with Crippen LogP contribution >= 0.6 is 11.8 Å². The fourth-order valence-electron chi connectivity index (χ4n) is 2.63. The largest absolute Gasteiger partial charge is 0.493 e. The highest BCUT2D eigenvalue weighted by Crippen LogP contribution is 2.36. The summed E-state index contributed by atoms with van der Waals surface area (Å²) in [5.41, 5.74) is 2.07. The number of fused-ring (bicyclic) bond motifs is 1. The van der Waals surface area contributed by atoms with Crippen LogP contribution in [-0.4, -0.2) is 31.3 Å². The van der Waals surface area contributed by atoms with Crippen LogP contribution in [0.1, 0.15) is 22.8 Å². The van der Waals surface area contributed by atoms with Gasteiger partial charge in [-0.15, -0.1) is 11.8 Å². The van der Waals surface area contributed by atoms with E-state index in [0.717, 1.165) is 10.5 Å². The molecule has 2 amide bonds. The molecule has 0 aliphatic carbocycles. The number of thioether (sulfide) groups is 1. The standard InChI is InChI=1S/C19H20N2O4S/c1-11-18(22)21-14-9-13(5-7-17(14)26-11)19(23)20-10-12-4-6-15(24-2)16(8-12)25-3/h4-9,11H,10H2,1-3H3,(H,20,23)(H,21,22). The van der Waals surface area contributed by atoms with Crippen molar-refractivity contribution in [1.29, 1.82) is 0 Å². The van der Waals surface area contributed by atoms with Crippen LogP contribution in [0.25, 0.3) is 0 Å². The minimum absolute atomic E-state index is 0.0506. The van der Waals surface area contributed by atoms with Gasteiger partial charge < -0.3 is 20.1 Å². The Labute approximate surface area is 156 Å². The van der Waals surface area contributed by atoms with Crippen LogP contribution < -0.4 is 20.1 Å². The molecule has 0 bridgehead atoms. The Morgan fingerprint density at radius 3 is 2.65 bits per heavy atom. The summed E-state index contributed by atoms with van der Waals surface area (Å²) < 4.78 is 10.5. The highest BCUT2D eigenvalue weighted by molar-refractivity contribution is 8.00. The van der Waals surface area contributed by atoms with Crippen molar-refractivity contribution in [1.82, 2.24) is 5.32 Å². The summed E-state index contributed by atoms with van der Waals surface area (Å²) in [4.78, 5) is 25.2. The minimum atomic E-state index is -0.208. The third-order valence-electron chi connectivity index (χ3n) is 4.07. The zero-order valence-electron chi connectivity index (χ0n) is 14.8. The minimum Gasteiger partial charge on any atom is -0.493 e. The zero-order valence-corrected chi connectivity index (χ0v) is 15.6. The Morgan fingerprint density at radius 2 is 1.92 bits per heavy atom. The third-order valence-corrected chi connectivity index (χ3v) is 5.25. The van der Waals surface area contributed by atoms with Gasteiger partial charge in [-0.3, -0.25) is 9.59 Å². The monoisotopic (exact) mass is 372 g/mol. The fraction of sp³-hybridized carbons (Fsp3) is 0.263. The molecule has 1 aliphatic rings. The molecule has 0 aromatic heterocycles. The van der Waals surface area contributed by atoms with Crippen molar-refractivity contribution in [2.24, 2.45) is 0 Å². The lowest BCUT2D eigenvalue weighted by atomic mass is 10.1. The van der Waals surface area contributed by atoms with Gasteiger partial charge in [0.1, 0.15) is 0 Å². The molecule has 3 rings (SSSR count). The maximum atomic E-state index is 12.4.